The van der Waals surface area contributed by atoms with Crippen LogP contribution in [0.1, 0.15) is 0 Å². The number of hydrogen-bond donors (Lipinski definition) is 0. The maximum atomic E-state index is 10.3. The van der Waals surface area contributed by atoms with Gasteiger partial charge in [-0.25, -0.2) is 4.79 Å². The van der Waals surface area contributed by atoms with E-state index in [0.717, 1.165) is 7.89 Å². The standard InChI is InChI=1S/C3H7O2P3/c1-5-3(4)2-7-8-6/h2,8H,6H2,1H3. The lowest BCUT2D eigenvalue weighted by Crippen LogP contribution is -1.97. The van der Waals surface area contributed by atoms with Gasteiger partial charge in [-0.3, -0.25) is 0 Å². The average Bonchev–Trinajstić information content (AvgIpc) is 1.83. The molecule has 8 heavy (non-hydrogen) atoms. The van der Waals surface area contributed by atoms with Crippen molar-refractivity contribution in [3.8, 4) is 0 Å². The normalized spacial score (nSPS) is 11.2. The third-order valence-corrected chi connectivity index (χ3v) is 3.11. The highest BCUT2D eigenvalue weighted by Crippen LogP contribution is 2.34. The van der Waals surface area contributed by atoms with Crippen LogP contribution < -0.4 is 0 Å². The minimum Gasteiger partial charge on any atom is -0.466 e. The first-order valence-electron chi connectivity index (χ1n) is 1.88. The highest BCUT2D eigenvalue weighted by Gasteiger charge is 1.86. The fourth-order valence-corrected chi connectivity index (χ4v) is 1.64. The Hall–Kier alpha value is 0.500. The van der Waals surface area contributed by atoms with Crippen LogP contribution in [0.2, 0.25) is 0 Å². The Morgan fingerprint density at radius 3 is 3.00 bits per heavy atom. The Morgan fingerprint density at radius 2 is 2.62 bits per heavy atom. The van der Waals surface area contributed by atoms with E-state index < -0.39 is 0 Å². The molecule has 0 N–H and O–H groups in total. The lowest BCUT2D eigenvalue weighted by molar-refractivity contribution is -0.131. The number of hydrogen-bond acceptors (Lipinski definition) is 2. The van der Waals surface area contributed by atoms with E-state index in [1.165, 1.54) is 12.9 Å². The van der Waals surface area contributed by atoms with Crippen molar-refractivity contribution in [1.29, 1.82) is 0 Å². The second-order valence-corrected chi connectivity index (χ2v) is 5.56. The van der Waals surface area contributed by atoms with E-state index in [0.29, 0.717) is 7.96 Å². The maximum Gasteiger partial charge on any atom is 0.335 e. The van der Waals surface area contributed by atoms with Crippen molar-refractivity contribution in [2.45, 2.75) is 0 Å². The zero-order valence-corrected chi connectivity index (χ0v) is 7.47. The minimum atomic E-state index is -0.249. The van der Waals surface area contributed by atoms with Crippen molar-refractivity contribution in [2.75, 3.05) is 7.11 Å². The number of esters is 1. The van der Waals surface area contributed by atoms with Gasteiger partial charge < -0.3 is 4.74 Å². The summed E-state index contributed by atoms with van der Waals surface area (Å²) in [5.41, 5.74) is 0. The van der Waals surface area contributed by atoms with Gasteiger partial charge in [-0.2, -0.15) is 0 Å². The van der Waals surface area contributed by atoms with E-state index in [4.69, 9.17) is 0 Å². The fraction of sp³-hybridized carbons (Fsp3) is 0.333. The Balaban J connectivity index is 3.37. The lowest BCUT2D eigenvalue weighted by atomic mass is 10.8. The Labute approximate surface area is 54.0 Å². The van der Waals surface area contributed by atoms with E-state index in [1.54, 1.807) is 0 Å². The van der Waals surface area contributed by atoms with Crippen molar-refractivity contribution in [3.05, 3.63) is 0 Å². The molecule has 0 saturated carbocycles. The molecule has 0 saturated heterocycles. The van der Waals surface area contributed by atoms with Crippen molar-refractivity contribution in [3.63, 3.8) is 0 Å². The SMILES string of the molecule is COC(=O)C=PPP. The van der Waals surface area contributed by atoms with Gasteiger partial charge in [0.2, 0.25) is 0 Å². The molecular weight excluding hydrogens is 161 g/mol. The molecule has 0 aromatic rings. The molecule has 0 bridgehead atoms. The van der Waals surface area contributed by atoms with Crippen LogP contribution in [0.5, 0.6) is 0 Å². The zero-order chi connectivity index (χ0) is 6.41. The molecule has 0 heterocycles. The Bertz CT molecular complexity index is 101. The van der Waals surface area contributed by atoms with E-state index >= 15 is 0 Å². The summed E-state index contributed by atoms with van der Waals surface area (Å²) in [6.07, 6.45) is 0. The summed E-state index contributed by atoms with van der Waals surface area (Å²) in [5, 5.41) is 0. The summed E-state index contributed by atoms with van der Waals surface area (Å²) >= 11 is 0. The van der Waals surface area contributed by atoms with Gasteiger partial charge in [0.25, 0.3) is 0 Å². The highest BCUT2D eigenvalue weighted by atomic mass is 32.4. The first-order valence-corrected chi connectivity index (χ1v) is 6.49. The van der Waals surface area contributed by atoms with E-state index in [2.05, 4.69) is 13.7 Å². The first-order chi connectivity index (χ1) is 3.81. The minimum absolute atomic E-state index is 0.249. The molecule has 0 aromatic heterocycles. The van der Waals surface area contributed by atoms with Crippen molar-refractivity contribution >= 4 is 36.5 Å². The summed E-state index contributed by atoms with van der Waals surface area (Å²) in [6.45, 7) is 0. The molecule has 0 aliphatic heterocycles. The topological polar surface area (TPSA) is 26.3 Å². The molecule has 46 valence electrons. The van der Waals surface area contributed by atoms with Gasteiger partial charge in [-0.05, 0) is 7.96 Å². The monoisotopic (exact) mass is 168 g/mol. The van der Waals surface area contributed by atoms with Crippen LogP contribution in [0.3, 0.4) is 0 Å². The largest absolute Gasteiger partial charge is 0.466 e. The van der Waals surface area contributed by atoms with Crippen LogP contribution in [-0.4, -0.2) is 18.9 Å². The van der Waals surface area contributed by atoms with Crippen LogP contribution >= 0.6 is 24.8 Å². The lowest BCUT2D eigenvalue weighted by Gasteiger charge is -1.85. The summed E-state index contributed by atoms with van der Waals surface area (Å²) in [5.74, 6) is 1.26. The van der Waals surface area contributed by atoms with Crippen LogP contribution in [0.4, 0.5) is 0 Å². The van der Waals surface area contributed by atoms with Gasteiger partial charge in [0, 0.05) is 0 Å². The summed E-state index contributed by atoms with van der Waals surface area (Å²) in [4.78, 5) is 10.3. The quantitative estimate of drug-likeness (QED) is 0.458. The van der Waals surface area contributed by atoms with Crippen molar-refractivity contribution in [2.24, 2.45) is 0 Å². The smallest absolute Gasteiger partial charge is 0.335 e. The van der Waals surface area contributed by atoms with Gasteiger partial charge >= 0.3 is 5.97 Å². The summed E-state index contributed by atoms with van der Waals surface area (Å²) in [7, 11) is 5.62. The van der Waals surface area contributed by atoms with Crippen LogP contribution in [0.15, 0.2) is 0 Å². The van der Waals surface area contributed by atoms with Crippen molar-refractivity contribution < 1.29 is 9.53 Å². The number of carbonyl (C=O) groups excluding carboxylic acids is 1. The molecule has 0 aliphatic carbocycles. The third kappa shape index (κ3) is 4.65. The average molecular weight is 168 g/mol. The van der Waals surface area contributed by atoms with Crippen LogP contribution in [-0.2, 0) is 9.53 Å². The molecule has 0 aromatic carbocycles. The predicted octanol–water partition coefficient (Wildman–Crippen LogP) is 1.29. The molecule has 0 spiro atoms. The van der Waals surface area contributed by atoms with Crippen LogP contribution in [0, 0.1) is 0 Å². The molecule has 2 atom stereocenters. The zero-order valence-electron chi connectivity index (χ0n) is 4.42. The molecule has 0 aliphatic rings. The molecule has 0 amide bonds. The van der Waals surface area contributed by atoms with Gasteiger partial charge in [0.15, 0.2) is 0 Å². The fourth-order valence-electron chi connectivity index (χ4n) is 0.143. The summed E-state index contributed by atoms with van der Waals surface area (Å²) in [6, 6.07) is 0. The van der Waals surface area contributed by atoms with Gasteiger partial charge in [-0.15, -0.1) is 8.93 Å². The third-order valence-electron chi connectivity index (χ3n) is 0.446. The molecular formula is C3H7O2P3. The van der Waals surface area contributed by atoms with E-state index in [-0.39, 0.29) is 5.97 Å². The second-order valence-electron chi connectivity index (χ2n) is 0.910. The maximum absolute atomic E-state index is 10.3. The number of ether oxygens (including phenoxy) is 1. The van der Waals surface area contributed by atoms with E-state index in [1.807, 2.05) is 0 Å². The van der Waals surface area contributed by atoms with Crippen molar-refractivity contribution in [1.82, 2.24) is 0 Å². The second kappa shape index (κ2) is 5.63. The van der Waals surface area contributed by atoms with Gasteiger partial charge in [0.1, 0.15) is 0 Å². The first kappa shape index (κ1) is 8.50. The molecule has 2 nitrogen and oxygen atoms in total. The highest BCUT2D eigenvalue weighted by molar-refractivity contribution is 8.38. The van der Waals surface area contributed by atoms with Crippen LogP contribution in [0.25, 0.3) is 0 Å². The predicted molar refractivity (Wildman–Crippen MR) is 43.0 cm³/mol. The number of carbonyl (C=O) groups is 1. The molecule has 5 heteroatoms. The molecule has 0 rings (SSSR count). The molecule has 0 fully saturated rings. The summed E-state index contributed by atoms with van der Waals surface area (Å²) < 4.78 is 4.35. The molecule has 2 unspecified atom stereocenters. The van der Waals surface area contributed by atoms with E-state index in [9.17, 15) is 4.79 Å². The number of methoxy groups -OCH3 is 1. The van der Waals surface area contributed by atoms with Gasteiger partial charge in [0.05, 0.1) is 12.9 Å². The Kier molecular flexibility index (Phi) is 5.99. The van der Waals surface area contributed by atoms with Gasteiger partial charge in [-0.1, -0.05) is 7.89 Å². The Morgan fingerprint density at radius 1 is 2.00 bits per heavy atom. The molecule has 0 radical (unpaired) electrons. The number of rotatable bonds is 2.